The Labute approximate surface area is 624 Å². The molecule has 0 amide bonds. The third-order valence-corrected chi connectivity index (χ3v) is 23.9. The van der Waals surface area contributed by atoms with Crippen LogP contribution in [0.15, 0.2) is 340 Å². The number of aromatic amines is 1. The molecule has 107 heavy (non-hydrogen) atoms. The Hall–Kier alpha value is -13.4. The number of nitrogens with zero attached hydrogens (tertiary/aromatic N) is 7. The highest BCUT2D eigenvalue weighted by atomic mass is 35.5. The minimum atomic E-state index is 0.292. The molecule has 500 valence electrons. The second-order valence-corrected chi connectivity index (χ2v) is 29.7. The van der Waals surface area contributed by atoms with Gasteiger partial charge in [0.1, 0.15) is 0 Å². The molecule has 11 heteroatoms. The first-order chi connectivity index (χ1) is 53.1. The van der Waals surface area contributed by atoms with E-state index in [0.717, 1.165) is 75.8 Å². The maximum Gasteiger partial charge on any atom is 0.235 e. The van der Waals surface area contributed by atoms with Gasteiger partial charge >= 0.3 is 0 Å². The summed E-state index contributed by atoms with van der Waals surface area (Å²) in [6.07, 6.45) is 0. The fourth-order valence-corrected chi connectivity index (χ4v) is 19.5. The van der Waals surface area contributed by atoms with E-state index in [9.17, 15) is 0 Å². The van der Waals surface area contributed by atoms with Crippen molar-refractivity contribution in [3.63, 3.8) is 0 Å². The van der Waals surface area contributed by atoms with Crippen molar-refractivity contribution in [3.05, 3.63) is 345 Å². The number of hydrogen-bond acceptors (Lipinski definition) is 6. The molecule has 0 fully saturated rings. The van der Waals surface area contributed by atoms with Gasteiger partial charge in [-0.15, -0.1) is 22.7 Å². The lowest BCUT2D eigenvalue weighted by atomic mass is 9.98. The molecule has 8 aromatic heterocycles. The van der Waals surface area contributed by atoms with Gasteiger partial charge in [0.05, 0.1) is 70.4 Å². The molecule has 0 saturated heterocycles. The quantitative estimate of drug-likeness (QED) is 0.174. The zero-order valence-corrected chi connectivity index (χ0v) is 59.5. The van der Waals surface area contributed by atoms with Gasteiger partial charge in [-0.1, -0.05) is 291 Å². The molecule has 0 bridgehead atoms. The lowest BCUT2D eigenvalue weighted by Crippen LogP contribution is -2.03. The number of H-pyrrole nitrogens is 1. The van der Waals surface area contributed by atoms with E-state index in [4.69, 9.17) is 21.6 Å². The van der Waals surface area contributed by atoms with E-state index < -0.39 is 0 Å². The Morgan fingerprint density at radius 2 is 0.664 bits per heavy atom. The Morgan fingerprint density at radius 3 is 1.21 bits per heavy atom. The molecule has 0 aliphatic heterocycles. The normalized spacial score (nSPS) is 12.0. The van der Waals surface area contributed by atoms with Crippen LogP contribution in [0.1, 0.15) is 0 Å². The molecule has 0 aliphatic rings. The predicted octanol–water partition coefficient (Wildman–Crippen LogP) is 26.9. The molecular formula is C96H57ClN8S2. The molecule has 16 aromatic carbocycles. The lowest BCUT2D eigenvalue weighted by Gasteiger charge is -2.13. The summed E-state index contributed by atoms with van der Waals surface area (Å²) in [6, 6.07) is 121. The summed E-state index contributed by atoms with van der Waals surface area (Å²) in [5.41, 5.74) is 17.8. The van der Waals surface area contributed by atoms with Gasteiger partial charge in [-0.25, -0.2) is 19.9 Å². The van der Waals surface area contributed by atoms with Crippen molar-refractivity contribution in [3.8, 4) is 39.8 Å². The summed E-state index contributed by atoms with van der Waals surface area (Å²) in [5.74, 6) is 0.674. The Balaban J connectivity index is 0.000000112. The Kier molecular flexibility index (Phi) is 13.9. The summed E-state index contributed by atoms with van der Waals surface area (Å²) in [5, 5.41) is 22.5. The highest BCUT2D eigenvalue weighted by molar-refractivity contribution is 7.26. The largest absolute Gasteiger partial charge is 0.354 e. The topological polar surface area (TPSA) is 82.1 Å². The number of fused-ring (bicyclic) bond motifs is 30. The molecule has 0 atom stereocenters. The van der Waals surface area contributed by atoms with Crippen LogP contribution < -0.4 is 0 Å². The summed E-state index contributed by atoms with van der Waals surface area (Å²) in [6.45, 7) is 0. The van der Waals surface area contributed by atoms with Crippen LogP contribution in [0.25, 0.3) is 211 Å². The minimum Gasteiger partial charge on any atom is -0.354 e. The number of benzene rings is 16. The predicted molar refractivity (Wildman–Crippen MR) is 455 cm³/mol. The van der Waals surface area contributed by atoms with Crippen LogP contribution in [0.5, 0.6) is 0 Å². The number of para-hydroxylation sites is 4. The van der Waals surface area contributed by atoms with Crippen LogP contribution in [0.2, 0.25) is 5.28 Å². The van der Waals surface area contributed by atoms with Crippen LogP contribution in [-0.4, -0.2) is 38.6 Å². The molecule has 0 unspecified atom stereocenters. The highest BCUT2D eigenvalue weighted by Gasteiger charge is 2.29. The van der Waals surface area contributed by atoms with E-state index in [2.05, 4.69) is 326 Å². The maximum atomic E-state index is 6.11. The van der Waals surface area contributed by atoms with Crippen molar-refractivity contribution >= 4 is 205 Å². The number of thiophene rings is 2. The minimum absolute atomic E-state index is 0.292. The molecule has 24 aromatic rings. The fraction of sp³-hybridized carbons (Fsp3) is 0. The van der Waals surface area contributed by atoms with Gasteiger partial charge in [0.25, 0.3) is 0 Å². The fourth-order valence-electron chi connectivity index (χ4n) is 17.0. The van der Waals surface area contributed by atoms with E-state index in [-0.39, 0.29) is 0 Å². The van der Waals surface area contributed by atoms with Gasteiger partial charge < -0.3 is 14.1 Å². The highest BCUT2D eigenvalue weighted by Crippen LogP contribution is 2.51. The van der Waals surface area contributed by atoms with E-state index >= 15 is 0 Å². The third kappa shape index (κ3) is 9.40. The number of rotatable bonds is 5. The van der Waals surface area contributed by atoms with Gasteiger partial charge in [-0.05, 0) is 70.9 Å². The van der Waals surface area contributed by atoms with Crippen molar-refractivity contribution in [2.45, 2.75) is 0 Å². The Bertz CT molecular complexity index is 7770. The standard InChI is InChI=1S/C48H28N4S.C32H20N2.C16H9ClN2S/c1-3-16-30(17-4-1)42-47-43(36-24-12-14-26-39(36)53-47)50-48(49-42)52-38-25-13-11-23-35(38)40-41-37-28-27-29-15-7-8-20-32(29)44(37)51(31-18-5-2-6-19-31)45(41)33-21-9-10-22-34(33)46(40)52;1-2-11-21(12-3-1)34-31-22-13-5-4-10-20(22)18-19-26(31)29-28-25-16-8-9-17-27(25)33-30(28)23-14-6-7-15-24(23)32(29)34;17-16-18-13(10-6-2-1-3-7-10)15-14(19-16)11-8-4-5-9-12(11)20-15/h1-28H;1-19,33H;1-9H. The average molecular weight is 1420 g/mol. The third-order valence-electron chi connectivity index (χ3n) is 21.4. The summed E-state index contributed by atoms with van der Waals surface area (Å²) in [7, 11) is 0. The molecule has 0 aliphatic carbocycles. The van der Waals surface area contributed by atoms with Crippen LogP contribution >= 0.6 is 34.3 Å². The first-order valence-corrected chi connectivity index (χ1v) is 37.9. The van der Waals surface area contributed by atoms with Gasteiger partial charge in [0.2, 0.25) is 11.2 Å². The average Bonchev–Trinajstić information content (AvgIpc) is 1.53. The summed E-state index contributed by atoms with van der Waals surface area (Å²) < 4.78 is 11.9. The molecule has 8 nitrogen and oxygen atoms in total. The number of halogens is 1. The van der Waals surface area contributed by atoms with Gasteiger partial charge in [-0.3, -0.25) is 4.57 Å². The van der Waals surface area contributed by atoms with Crippen LogP contribution in [0, 0.1) is 0 Å². The Morgan fingerprint density at radius 1 is 0.271 bits per heavy atom. The van der Waals surface area contributed by atoms with Crippen molar-refractivity contribution < 1.29 is 0 Å². The monoisotopic (exact) mass is 1420 g/mol. The zero-order valence-electron chi connectivity index (χ0n) is 57.2. The second-order valence-electron chi connectivity index (χ2n) is 27.2. The number of hydrogen-bond donors (Lipinski definition) is 1. The first-order valence-electron chi connectivity index (χ1n) is 35.9. The zero-order chi connectivity index (χ0) is 70.4. The maximum absolute atomic E-state index is 6.11. The van der Waals surface area contributed by atoms with Crippen molar-refractivity contribution in [1.82, 2.24) is 38.6 Å². The first kappa shape index (κ1) is 61.2. The number of nitrogens with one attached hydrogen (secondary N) is 1. The molecular weight excluding hydrogens is 1360 g/mol. The molecule has 0 spiro atoms. The molecule has 1 N–H and O–H groups in total. The van der Waals surface area contributed by atoms with Crippen molar-refractivity contribution in [2.24, 2.45) is 0 Å². The van der Waals surface area contributed by atoms with Crippen LogP contribution in [0.4, 0.5) is 0 Å². The van der Waals surface area contributed by atoms with Gasteiger partial charge in [0, 0.05) is 124 Å². The smallest absolute Gasteiger partial charge is 0.235 e. The molecule has 24 rings (SSSR count). The van der Waals surface area contributed by atoms with E-state index in [1.807, 2.05) is 42.5 Å². The van der Waals surface area contributed by atoms with E-state index in [1.165, 1.54) is 129 Å². The molecule has 0 saturated carbocycles. The molecule has 0 radical (unpaired) electrons. The summed E-state index contributed by atoms with van der Waals surface area (Å²) in [4.78, 5) is 23.6. The van der Waals surface area contributed by atoms with E-state index in [1.54, 1.807) is 22.7 Å². The van der Waals surface area contributed by atoms with Gasteiger partial charge in [0.15, 0.2) is 0 Å². The lowest BCUT2D eigenvalue weighted by molar-refractivity contribution is 1.02. The van der Waals surface area contributed by atoms with Crippen LogP contribution in [-0.2, 0) is 0 Å². The second kappa shape index (κ2) is 24.4. The summed E-state index contributed by atoms with van der Waals surface area (Å²) >= 11 is 9.59. The molecule has 8 heterocycles. The van der Waals surface area contributed by atoms with Crippen molar-refractivity contribution in [2.75, 3.05) is 0 Å². The van der Waals surface area contributed by atoms with Crippen LogP contribution in [0.3, 0.4) is 0 Å². The van der Waals surface area contributed by atoms with Gasteiger partial charge in [-0.2, -0.15) is 0 Å². The number of aromatic nitrogens is 8. The van der Waals surface area contributed by atoms with Crippen molar-refractivity contribution in [1.29, 1.82) is 0 Å². The van der Waals surface area contributed by atoms with E-state index in [0.29, 0.717) is 11.2 Å². The SMILES string of the molecule is Clc1nc(-c2ccccc2)c2sc3ccccc3c2n1.c1ccc(-c2nc(-n3c4ccccc4c4c5c6ccc7ccccc7c6n(-c6ccccc6)c5c5ccccc5c43)nc3c2sc2ccccc23)cc1.c1ccc(-n2c3c4ccccc4ccc3c3c4c5ccccc5[nH]c4c4ccccc4c32)cc1.